The second kappa shape index (κ2) is 2.42. The zero-order chi connectivity index (χ0) is 7.61. The lowest BCUT2D eigenvalue weighted by Gasteiger charge is -2.33. The molecule has 1 saturated carbocycles. The Morgan fingerprint density at radius 1 is 1.70 bits per heavy atom. The second-order valence-corrected chi connectivity index (χ2v) is 3.03. The summed E-state index contributed by atoms with van der Waals surface area (Å²) >= 11 is 0. The van der Waals surface area contributed by atoms with E-state index in [2.05, 4.69) is 6.07 Å². The van der Waals surface area contributed by atoms with Crippen molar-refractivity contribution in [2.24, 2.45) is 5.41 Å². The Morgan fingerprint density at radius 3 is 2.60 bits per heavy atom. The number of rotatable bonds is 2. The highest BCUT2D eigenvalue weighted by molar-refractivity contribution is 5.87. The number of nitrogens with zero attached hydrogens (tertiary/aromatic N) is 1. The molecule has 0 atom stereocenters. The van der Waals surface area contributed by atoms with Crippen LogP contribution in [0.5, 0.6) is 0 Å². The predicted molar refractivity (Wildman–Crippen MR) is 37.2 cm³/mol. The van der Waals surface area contributed by atoms with Gasteiger partial charge in [0.25, 0.3) is 0 Å². The minimum absolute atomic E-state index is 0.245. The summed E-state index contributed by atoms with van der Waals surface area (Å²) in [7, 11) is 0. The Morgan fingerprint density at radius 2 is 2.30 bits per heavy atom. The molecule has 1 fully saturated rings. The molecule has 1 aliphatic carbocycles. The van der Waals surface area contributed by atoms with Crippen LogP contribution in [0.1, 0.15) is 32.6 Å². The van der Waals surface area contributed by atoms with Gasteiger partial charge >= 0.3 is 0 Å². The molecule has 0 aromatic rings. The van der Waals surface area contributed by atoms with E-state index in [1.807, 2.05) is 6.92 Å². The monoisotopic (exact) mass is 137 g/mol. The first kappa shape index (κ1) is 7.27. The molecule has 0 N–H and O–H groups in total. The summed E-state index contributed by atoms with van der Waals surface area (Å²) in [6.07, 6.45) is 2.88. The van der Waals surface area contributed by atoms with Gasteiger partial charge in [-0.2, -0.15) is 5.26 Å². The smallest absolute Gasteiger partial charge is 0.136 e. The van der Waals surface area contributed by atoms with Crippen LogP contribution in [0.3, 0.4) is 0 Å². The van der Waals surface area contributed by atoms with Crippen molar-refractivity contribution in [3.63, 3.8) is 0 Å². The fraction of sp³-hybridized carbons (Fsp3) is 0.750. The van der Waals surface area contributed by atoms with Crippen molar-refractivity contribution < 1.29 is 4.79 Å². The molecule has 0 bridgehead atoms. The van der Waals surface area contributed by atoms with Crippen molar-refractivity contribution in [3.8, 4) is 6.07 Å². The van der Waals surface area contributed by atoms with Gasteiger partial charge in [0.15, 0.2) is 0 Å². The van der Waals surface area contributed by atoms with Crippen LogP contribution in [0, 0.1) is 16.7 Å². The minimum Gasteiger partial charge on any atom is -0.300 e. The number of hydrogen-bond acceptors (Lipinski definition) is 2. The summed E-state index contributed by atoms with van der Waals surface area (Å²) in [5.41, 5.74) is -0.258. The highest BCUT2D eigenvalue weighted by Crippen LogP contribution is 2.41. The molecule has 1 rings (SSSR count). The fourth-order valence-corrected chi connectivity index (χ4v) is 1.49. The number of carbonyl (C=O) groups is 1. The molecule has 0 aromatic carbocycles. The molecule has 0 unspecified atom stereocenters. The van der Waals surface area contributed by atoms with Crippen molar-refractivity contribution in [1.82, 2.24) is 0 Å². The molecule has 0 heterocycles. The van der Waals surface area contributed by atoms with E-state index in [0.717, 1.165) is 12.8 Å². The molecule has 2 nitrogen and oxygen atoms in total. The number of hydrogen-bond donors (Lipinski definition) is 0. The SMILES string of the molecule is CCCC1(C#N)CC(=O)C1. The molecule has 0 aromatic heterocycles. The van der Waals surface area contributed by atoms with Gasteiger partial charge in [-0.3, -0.25) is 4.79 Å². The molecular formula is C8H11NO. The Labute approximate surface area is 60.8 Å². The van der Waals surface area contributed by atoms with Gasteiger partial charge in [0, 0.05) is 12.8 Å². The Hall–Kier alpha value is -0.840. The van der Waals surface area contributed by atoms with Crippen LogP contribution in [0.15, 0.2) is 0 Å². The van der Waals surface area contributed by atoms with E-state index in [4.69, 9.17) is 5.26 Å². The van der Waals surface area contributed by atoms with Gasteiger partial charge in [-0.25, -0.2) is 0 Å². The first-order chi connectivity index (χ1) is 4.72. The molecule has 0 amide bonds. The maximum Gasteiger partial charge on any atom is 0.136 e. The van der Waals surface area contributed by atoms with Crippen LogP contribution in [0.25, 0.3) is 0 Å². The summed E-state index contributed by atoms with van der Waals surface area (Å²) < 4.78 is 0. The zero-order valence-electron chi connectivity index (χ0n) is 6.18. The van der Waals surface area contributed by atoms with Gasteiger partial charge in [0.1, 0.15) is 5.78 Å². The van der Waals surface area contributed by atoms with Gasteiger partial charge < -0.3 is 0 Å². The molecular weight excluding hydrogens is 126 g/mol. The second-order valence-electron chi connectivity index (χ2n) is 3.03. The van der Waals surface area contributed by atoms with E-state index in [0.29, 0.717) is 12.8 Å². The highest BCUT2D eigenvalue weighted by Gasteiger charge is 2.42. The highest BCUT2D eigenvalue weighted by atomic mass is 16.1. The van der Waals surface area contributed by atoms with Gasteiger partial charge in [0.05, 0.1) is 11.5 Å². The van der Waals surface area contributed by atoms with E-state index in [1.165, 1.54) is 0 Å². The number of carbonyl (C=O) groups excluding carboxylic acids is 1. The molecule has 54 valence electrons. The maximum absolute atomic E-state index is 10.6. The fourth-order valence-electron chi connectivity index (χ4n) is 1.49. The van der Waals surface area contributed by atoms with Crippen LogP contribution in [0.4, 0.5) is 0 Å². The van der Waals surface area contributed by atoms with Crippen LogP contribution < -0.4 is 0 Å². The van der Waals surface area contributed by atoms with E-state index < -0.39 is 0 Å². The van der Waals surface area contributed by atoms with Gasteiger partial charge in [-0.15, -0.1) is 0 Å². The molecule has 1 aliphatic rings. The van der Waals surface area contributed by atoms with Crippen LogP contribution in [-0.2, 0) is 4.79 Å². The van der Waals surface area contributed by atoms with Gasteiger partial charge in [-0.1, -0.05) is 13.3 Å². The third kappa shape index (κ3) is 1.04. The summed E-state index contributed by atoms with van der Waals surface area (Å²) in [5.74, 6) is 0.245. The van der Waals surface area contributed by atoms with Crippen molar-refractivity contribution in [3.05, 3.63) is 0 Å². The summed E-state index contributed by atoms with van der Waals surface area (Å²) in [5, 5.41) is 8.68. The lowest BCUT2D eigenvalue weighted by molar-refractivity contribution is -0.130. The molecule has 2 heteroatoms. The molecule has 0 saturated heterocycles. The van der Waals surface area contributed by atoms with Crippen LogP contribution in [-0.4, -0.2) is 5.78 Å². The van der Waals surface area contributed by atoms with Gasteiger partial charge in [0.2, 0.25) is 0 Å². The van der Waals surface area contributed by atoms with E-state index in [-0.39, 0.29) is 11.2 Å². The summed E-state index contributed by atoms with van der Waals surface area (Å²) in [6.45, 7) is 2.04. The Balaban J connectivity index is 2.50. The molecule has 0 spiro atoms. The lowest BCUT2D eigenvalue weighted by Crippen LogP contribution is -2.35. The van der Waals surface area contributed by atoms with Crippen molar-refractivity contribution in [1.29, 1.82) is 5.26 Å². The lowest BCUT2D eigenvalue weighted by atomic mass is 9.66. The largest absolute Gasteiger partial charge is 0.300 e. The Kier molecular flexibility index (Phi) is 1.76. The van der Waals surface area contributed by atoms with Gasteiger partial charge in [-0.05, 0) is 6.42 Å². The van der Waals surface area contributed by atoms with Crippen molar-refractivity contribution >= 4 is 5.78 Å². The first-order valence-corrected chi connectivity index (χ1v) is 3.65. The minimum atomic E-state index is -0.258. The van der Waals surface area contributed by atoms with Crippen LogP contribution in [0.2, 0.25) is 0 Å². The predicted octanol–water partition coefficient (Wildman–Crippen LogP) is 1.66. The summed E-state index contributed by atoms with van der Waals surface area (Å²) in [6, 6.07) is 2.23. The average molecular weight is 137 g/mol. The van der Waals surface area contributed by atoms with E-state index in [1.54, 1.807) is 0 Å². The Bertz CT molecular complexity index is 182. The topological polar surface area (TPSA) is 40.9 Å². The van der Waals surface area contributed by atoms with Crippen molar-refractivity contribution in [2.45, 2.75) is 32.6 Å². The first-order valence-electron chi connectivity index (χ1n) is 3.65. The molecule has 10 heavy (non-hydrogen) atoms. The summed E-state index contributed by atoms with van der Waals surface area (Å²) in [4.78, 5) is 10.6. The third-order valence-electron chi connectivity index (χ3n) is 2.04. The number of Topliss-reactive ketones (excluding diaryl/α,β-unsaturated/α-hetero) is 1. The standard InChI is InChI=1S/C8H11NO/c1-2-3-8(6-9)4-7(10)5-8/h2-5H2,1H3. The van der Waals surface area contributed by atoms with Crippen LogP contribution >= 0.6 is 0 Å². The number of nitriles is 1. The number of ketones is 1. The normalized spacial score (nSPS) is 21.4. The van der Waals surface area contributed by atoms with Crippen molar-refractivity contribution in [2.75, 3.05) is 0 Å². The molecule has 0 radical (unpaired) electrons. The third-order valence-corrected chi connectivity index (χ3v) is 2.04. The molecule has 0 aliphatic heterocycles. The maximum atomic E-state index is 10.6. The van der Waals surface area contributed by atoms with E-state index >= 15 is 0 Å². The quantitative estimate of drug-likeness (QED) is 0.580. The average Bonchev–Trinajstić information content (AvgIpc) is 1.84. The van der Waals surface area contributed by atoms with E-state index in [9.17, 15) is 4.79 Å². The zero-order valence-corrected chi connectivity index (χ0v) is 6.18.